The molecule has 7 heteroatoms. The van der Waals surface area contributed by atoms with E-state index >= 15 is 0 Å². The van der Waals surface area contributed by atoms with E-state index in [-0.39, 0.29) is 0 Å². The number of ether oxygens (including phenoxy) is 2. The maximum absolute atomic E-state index is 6.15. The Hall–Kier alpha value is -3.03. The summed E-state index contributed by atoms with van der Waals surface area (Å²) in [5.74, 6) is 2.21. The normalized spacial score (nSPS) is 11.1. The van der Waals surface area contributed by atoms with Crippen LogP contribution in [0.4, 0.5) is 0 Å². The highest BCUT2D eigenvalue weighted by Crippen LogP contribution is 2.32. The van der Waals surface area contributed by atoms with Crippen molar-refractivity contribution in [2.45, 2.75) is 6.61 Å². The lowest BCUT2D eigenvalue weighted by Gasteiger charge is -2.09. The van der Waals surface area contributed by atoms with Gasteiger partial charge in [0.25, 0.3) is 0 Å². The second-order valence-electron chi connectivity index (χ2n) is 6.63. The molecule has 30 heavy (non-hydrogen) atoms. The fraction of sp³-hybridized carbons (Fsp3) is 0.0870. The second-order valence-corrected chi connectivity index (χ2v) is 8.40. The maximum atomic E-state index is 6.15. The van der Waals surface area contributed by atoms with Gasteiger partial charge in [0.05, 0.1) is 27.3 Å². The summed E-state index contributed by atoms with van der Waals surface area (Å²) < 4.78 is 13.5. The summed E-state index contributed by atoms with van der Waals surface area (Å²) in [7, 11) is 1.64. The van der Waals surface area contributed by atoms with E-state index in [1.807, 2.05) is 54.7 Å². The summed E-state index contributed by atoms with van der Waals surface area (Å²) in [5, 5.41) is 3.08. The van der Waals surface area contributed by atoms with Crippen LogP contribution in [0.25, 0.3) is 32.5 Å². The van der Waals surface area contributed by atoms with Gasteiger partial charge in [-0.25, -0.2) is 9.97 Å². The van der Waals surface area contributed by atoms with Crippen LogP contribution in [0.2, 0.25) is 0 Å². The first-order valence-corrected chi connectivity index (χ1v) is 10.9. The van der Waals surface area contributed by atoms with E-state index in [0.29, 0.717) is 12.4 Å². The molecule has 3 aromatic heterocycles. The zero-order chi connectivity index (χ0) is 20.5. The van der Waals surface area contributed by atoms with Crippen molar-refractivity contribution in [3.8, 4) is 22.9 Å². The molecule has 0 amide bonds. The summed E-state index contributed by atoms with van der Waals surface area (Å²) in [4.78, 5) is 13.7. The minimum Gasteiger partial charge on any atom is -0.496 e. The monoisotopic (exact) mass is 477 g/mol. The van der Waals surface area contributed by atoms with Crippen molar-refractivity contribution >= 4 is 48.4 Å². The minimum absolute atomic E-state index is 0.425. The van der Waals surface area contributed by atoms with Crippen molar-refractivity contribution < 1.29 is 9.47 Å². The molecule has 5 rings (SSSR count). The molecule has 148 valence electrons. The number of thiophene rings is 1. The summed E-state index contributed by atoms with van der Waals surface area (Å²) in [6, 6.07) is 15.7. The van der Waals surface area contributed by atoms with Gasteiger partial charge in [0, 0.05) is 34.3 Å². The van der Waals surface area contributed by atoms with Crippen LogP contribution in [0, 0.1) is 0 Å². The Morgan fingerprint density at radius 2 is 1.93 bits per heavy atom. The van der Waals surface area contributed by atoms with Crippen LogP contribution in [-0.2, 0) is 6.61 Å². The van der Waals surface area contributed by atoms with Crippen molar-refractivity contribution in [1.82, 2.24) is 15.0 Å². The first kappa shape index (κ1) is 19.0. The highest BCUT2D eigenvalue weighted by Gasteiger charge is 2.12. The van der Waals surface area contributed by atoms with Gasteiger partial charge in [-0.15, -0.1) is 11.3 Å². The predicted molar refractivity (Wildman–Crippen MR) is 123 cm³/mol. The third-order valence-corrected chi connectivity index (χ3v) is 6.40. The SMILES string of the molecule is COc1cc(-c2ncc3scc(COc4ccnc5ccccc45)c3n2)ccc1Br. The lowest BCUT2D eigenvalue weighted by Crippen LogP contribution is -1.97. The Bertz CT molecular complexity index is 1360. The molecule has 0 saturated carbocycles. The average Bonchev–Trinajstić information content (AvgIpc) is 3.20. The molecule has 0 aliphatic carbocycles. The van der Waals surface area contributed by atoms with Crippen molar-refractivity contribution in [2.75, 3.05) is 7.11 Å². The van der Waals surface area contributed by atoms with Gasteiger partial charge < -0.3 is 9.47 Å². The topological polar surface area (TPSA) is 57.1 Å². The number of hydrogen-bond acceptors (Lipinski definition) is 6. The number of hydrogen-bond donors (Lipinski definition) is 0. The Morgan fingerprint density at radius 1 is 1.03 bits per heavy atom. The number of rotatable bonds is 5. The standard InChI is InChI=1S/C23H16BrN3O2S/c1-28-20-10-14(6-7-17(20)24)23-26-11-21-22(27-23)15(13-30-21)12-29-19-8-9-25-18-5-3-2-4-16(18)19/h2-11,13H,12H2,1H3. The predicted octanol–water partition coefficient (Wildman–Crippen LogP) is 6.26. The molecule has 5 aromatic rings. The first-order valence-electron chi connectivity index (χ1n) is 9.26. The van der Waals surface area contributed by atoms with Gasteiger partial charge in [-0.3, -0.25) is 4.98 Å². The van der Waals surface area contributed by atoms with Crippen LogP contribution in [0.15, 0.2) is 70.8 Å². The van der Waals surface area contributed by atoms with Gasteiger partial charge in [0.2, 0.25) is 0 Å². The number of para-hydroxylation sites is 1. The Labute approximate surface area is 185 Å². The number of pyridine rings is 1. The molecule has 3 heterocycles. The van der Waals surface area contributed by atoms with E-state index < -0.39 is 0 Å². The third-order valence-electron chi connectivity index (χ3n) is 4.79. The van der Waals surface area contributed by atoms with Crippen LogP contribution in [-0.4, -0.2) is 22.1 Å². The van der Waals surface area contributed by atoms with Gasteiger partial charge in [-0.1, -0.05) is 12.1 Å². The van der Waals surface area contributed by atoms with Gasteiger partial charge in [-0.05, 0) is 52.3 Å². The molecular formula is C23H16BrN3O2S. The van der Waals surface area contributed by atoms with E-state index in [4.69, 9.17) is 14.5 Å². The molecule has 0 N–H and O–H groups in total. The number of fused-ring (bicyclic) bond motifs is 2. The van der Waals surface area contributed by atoms with Gasteiger partial charge in [0.15, 0.2) is 5.82 Å². The van der Waals surface area contributed by atoms with Crippen LogP contribution in [0.3, 0.4) is 0 Å². The molecule has 0 radical (unpaired) electrons. The molecule has 0 aliphatic heterocycles. The van der Waals surface area contributed by atoms with E-state index in [1.165, 1.54) is 0 Å². The Kier molecular flexibility index (Phi) is 5.06. The molecule has 0 fully saturated rings. The molecule has 0 atom stereocenters. The van der Waals surface area contributed by atoms with Gasteiger partial charge in [-0.2, -0.15) is 0 Å². The number of methoxy groups -OCH3 is 1. The largest absolute Gasteiger partial charge is 0.496 e. The van der Waals surface area contributed by atoms with Crippen LogP contribution >= 0.6 is 27.3 Å². The summed E-state index contributed by atoms with van der Waals surface area (Å²) in [5.41, 5.74) is 3.75. The second kappa shape index (κ2) is 8.01. The lowest BCUT2D eigenvalue weighted by atomic mass is 10.2. The molecule has 0 unspecified atom stereocenters. The van der Waals surface area contributed by atoms with Crippen LogP contribution in [0.5, 0.6) is 11.5 Å². The Morgan fingerprint density at radius 3 is 2.83 bits per heavy atom. The quantitative estimate of drug-likeness (QED) is 0.299. The van der Waals surface area contributed by atoms with E-state index in [0.717, 1.165) is 48.2 Å². The molecule has 0 spiro atoms. The van der Waals surface area contributed by atoms with Crippen LogP contribution in [0.1, 0.15) is 5.56 Å². The summed E-state index contributed by atoms with van der Waals surface area (Å²) >= 11 is 5.10. The Balaban J connectivity index is 1.47. The molecule has 5 nitrogen and oxygen atoms in total. The van der Waals surface area contributed by atoms with Gasteiger partial charge >= 0.3 is 0 Å². The lowest BCUT2D eigenvalue weighted by molar-refractivity contribution is 0.311. The van der Waals surface area contributed by atoms with Gasteiger partial charge in [0.1, 0.15) is 18.1 Å². The third kappa shape index (κ3) is 3.51. The average molecular weight is 478 g/mol. The zero-order valence-corrected chi connectivity index (χ0v) is 18.4. The molecule has 2 aromatic carbocycles. The fourth-order valence-electron chi connectivity index (χ4n) is 3.27. The smallest absolute Gasteiger partial charge is 0.159 e. The maximum Gasteiger partial charge on any atom is 0.159 e. The number of aromatic nitrogens is 3. The first-order chi connectivity index (χ1) is 14.7. The fourth-order valence-corrected chi connectivity index (χ4v) is 4.53. The van der Waals surface area contributed by atoms with E-state index in [2.05, 4.69) is 31.3 Å². The van der Waals surface area contributed by atoms with Crippen molar-refractivity contribution in [3.63, 3.8) is 0 Å². The minimum atomic E-state index is 0.425. The number of nitrogens with zero attached hydrogens (tertiary/aromatic N) is 3. The van der Waals surface area contributed by atoms with Crippen molar-refractivity contribution in [3.05, 3.63) is 76.3 Å². The van der Waals surface area contributed by atoms with E-state index in [9.17, 15) is 0 Å². The highest BCUT2D eigenvalue weighted by atomic mass is 79.9. The summed E-state index contributed by atoms with van der Waals surface area (Å²) in [6.45, 7) is 0.425. The molecule has 0 aliphatic rings. The zero-order valence-electron chi connectivity index (χ0n) is 16.0. The van der Waals surface area contributed by atoms with Crippen molar-refractivity contribution in [2.24, 2.45) is 0 Å². The molecule has 0 bridgehead atoms. The summed E-state index contributed by atoms with van der Waals surface area (Å²) in [6.07, 6.45) is 3.63. The highest BCUT2D eigenvalue weighted by molar-refractivity contribution is 9.10. The van der Waals surface area contributed by atoms with Crippen molar-refractivity contribution in [1.29, 1.82) is 0 Å². The number of benzene rings is 2. The van der Waals surface area contributed by atoms with Crippen LogP contribution < -0.4 is 9.47 Å². The molecule has 0 saturated heterocycles. The number of halogens is 1. The van der Waals surface area contributed by atoms with E-state index in [1.54, 1.807) is 24.6 Å². The molecular weight excluding hydrogens is 462 g/mol.